The van der Waals surface area contributed by atoms with E-state index in [1.165, 1.54) is 0 Å². The fraction of sp³-hybridized carbons (Fsp3) is 1.00. The van der Waals surface area contributed by atoms with Crippen molar-refractivity contribution in [2.75, 3.05) is 26.2 Å². The summed E-state index contributed by atoms with van der Waals surface area (Å²) in [6.45, 7) is 3.13. The first-order valence-electron chi connectivity index (χ1n) is 2.52. The predicted molar refractivity (Wildman–Crippen MR) is 31.0 cm³/mol. The topological polar surface area (TPSA) is 64.1 Å². The van der Waals surface area contributed by atoms with Gasteiger partial charge in [0.15, 0.2) is 0 Å². The minimum absolute atomic E-state index is 0. The first-order valence-corrected chi connectivity index (χ1v) is 2.52. The number of nitrogens with two attached hydrogens (primary N) is 2. The zero-order valence-corrected chi connectivity index (χ0v) is 9.26. The molecule has 0 aromatic rings. The Kier molecular flexibility index (Phi) is 81.1. The average Bonchev–Trinajstić information content (AvgIpc) is 1.69. The van der Waals surface area contributed by atoms with Crippen LogP contribution in [0.3, 0.4) is 0 Å². The molecule has 0 unspecified atom stereocenters. The van der Waals surface area contributed by atoms with E-state index in [0.717, 1.165) is 13.1 Å². The summed E-state index contributed by atoms with van der Waals surface area (Å²) in [5.41, 5.74) is 10.3. The second-order valence-corrected chi connectivity index (χ2v) is 1.33. The van der Waals surface area contributed by atoms with Crippen molar-refractivity contribution in [1.29, 1.82) is 0 Å². The quantitative estimate of drug-likeness (QED) is 0.444. The SMILES string of the molecule is NCCNCCN.[Cl-].[Cl-].[Cl-].[Co+3]. The molecule has 0 aromatic heterocycles. The maximum Gasteiger partial charge on any atom is 3.00 e. The Morgan fingerprint density at radius 2 is 1.09 bits per heavy atom. The number of halogens is 3. The van der Waals surface area contributed by atoms with E-state index in [2.05, 4.69) is 5.32 Å². The molecule has 0 amide bonds. The van der Waals surface area contributed by atoms with E-state index in [4.69, 9.17) is 11.5 Å². The van der Waals surface area contributed by atoms with Crippen molar-refractivity contribution in [3.63, 3.8) is 0 Å². The molecule has 74 valence electrons. The Balaban J connectivity index is -0.0000000300. The van der Waals surface area contributed by atoms with Gasteiger partial charge in [0.25, 0.3) is 0 Å². The van der Waals surface area contributed by atoms with Crippen LogP contribution in [0.2, 0.25) is 0 Å². The van der Waals surface area contributed by atoms with Crippen LogP contribution >= 0.6 is 0 Å². The summed E-state index contributed by atoms with van der Waals surface area (Å²) >= 11 is 0. The molecular formula is C4H13Cl3CoN3. The minimum atomic E-state index is 0. The molecule has 0 aliphatic carbocycles. The summed E-state index contributed by atoms with van der Waals surface area (Å²) in [6, 6.07) is 0. The van der Waals surface area contributed by atoms with E-state index >= 15 is 0 Å². The van der Waals surface area contributed by atoms with Gasteiger partial charge in [-0.3, -0.25) is 0 Å². The Hall–Kier alpha value is 1.26. The zero-order valence-electron chi connectivity index (χ0n) is 5.95. The van der Waals surface area contributed by atoms with Gasteiger partial charge in [-0.2, -0.15) is 0 Å². The van der Waals surface area contributed by atoms with Crippen LogP contribution < -0.4 is 54.0 Å². The van der Waals surface area contributed by atoms with Gasteiger partial charge in [0.1, 0.15) is 0 Å². The third-order valence-electron chi connectivity index (χ3n) is 0.642. The number of rotatable bonds is 4. The van der Waals surface area contributed by atoms with Crippen molar-refractivity contribution >= 4 is 0 Å². The van der Waals surface area contributed by atoms with Crippen LogP contribution in [-0.2, 0) is 16.8 Å². The Bertz CT molecular complexity index is 39.8. The zero-order chi connectivity index (χ0) is 5.54. The normalized spacial score (nSPS) is 6.00. The summed E-state index contributed by atoms with van der Waals surface area (Å²) in [5, 5.41) is 3.03. The van der Waals surface area contributed by atoms with Gasteiger partial charge in [-0.25, -0.2) is 0 Å². The second kappa shape index (κ2) is 30.3. The predicted octanol–water partition coefficient (Wildman–Crippen LogP) is -10.5. The van der Waals surface area contributed by atoms with E-state index in [-0.39, 0.29) is 54.0 Å². The van der Waals surface area contributed by atoms with Crippen molar-refractivity contribution < 1.29 is 54.0 Å². The van der Waals surface area contributed by atoms with E-state index in [1.807, 2.05) is 0 Å². The van der Waals surface area contributed by atoms with Crippen molar-refractivity contribution in [3.05, 3.63) is 0 Å². The van der Waals surface area contributed by atoms with Crippen LogP contribution in [0, 0.1) is 0 Å². The number of hydrogen-bond acceptors (Lipinski definition) is 3. The molecule has 0 spiro atoms. The largest absolute Gasteiger partial charge is 3.00 e. The molecular weight excluding hydrogens is 255 g/mol. The van der Waals surface area contributed by atoms with Crippen LogP contribution in [-0.4, -0.2) is 26.2 Å². The molecule has 0 aliphatic heterocycles. The van der Waals surface area contributed by atoms with E-state index in [0.29, 0.717) is 13.1 Å². The fourth-order valence-corrected chi connectivity index (χ4v) is 0.329. The van der Waals surface area contributed by atoms with Gasteiger partial charge in [0.2, 0.25) is 0 Å². The molecule has 7 heteroatoms. The molecule has 0 atom stereocenters. The molecule has 0 bridgehead atoms. The van der Waals surface area contributed by atoms with Gasteiger partial charge in [-0.15, -0.1) is 0 Å². The molecule has 0 rings (SSSR count). The van der Waals surface area contributed by atoms with Crippen LogP contribution in [0.5, 0.6) is 0 Å². The molecule has 0 aromatic carbocycles. The van der Waals surface area contributed by atoms with Gasteiger partial charge in [0.05, 0.1) is 0 Å². The monoisotopic (exact) mass is 267 g/mol. The van der Waals surface area contributed by atoms with Crippen molar-refractivity contribution in [2.45, 2.75) is 0 Å². The van der Waals surface area contributed by atoms with E-state index in [9.17, 15) is 0 Å². The van der Waals surface area contributed by atoms with Crippen LogP contribution in [0.15, 0.2) is 0 Å². The third kappa shape index (κ3) is 34.9. The number of nitrogens with one attached hydrogen (secondary N) is 1. The van der Waals surface area contributed by atoms with Gasteiger partial charge in [-0.05, 0) is 0 Å². The molecule has 0 saturated carbocycles. The summed E-state index contributed by atoms with van der Waals surface area (Å²) in [6.07, 6.45) is 0. The van der Waals surface area contributed by atoms with E-state index < -0.39 is 0 Å². The second-order valence-electron chi connectivity index (χ2n) is 1.33. The summed E-state index contributed by atoms with van der Waals surface area (Å²) in [5.74, 6) is 0. The third-order valence-corrected chi connectivity index (χ3v) is 0.642. The van der Waals surface area contributed by atoms with Gasteiger partial charge in [0, 0.05) is 26.2 Å². The molecule has 0 heterocycles. The van der Waals surface area contributed by atoms with Crippen molar-refractivity contribution in [3.8, 4) is 0 Å². The molecule has 0 fully saturated rings. The maximum atomic E-state index is 5.17. The Morgan fingerprint density at radius 3 is 1.27 bits per heavy atom. The Labute approximate surface area is 96.8 Å². The molecule has 11 heavy (non-hydrogen) atoms. The standard InChI is InChI=1S/C4H13N3.3ClH.Co/c5-1-3-7-4-2-6;;;;/h7H,1-6H2;3*1H;/q;;;;+3/p-3. The smallest absolute Gasteiger partial charge is 1.00 e. The molecule has 0 saturated heterocycles. The number of hydrogen-bond donors (Lipinski definition) is 3. The maximum absolute atomic E-state index is 5.17. The van der Waals surface area contributed by atoms with Gasteiger partial charge in [-0.1, -0.05) is 0 Å². The molecule has 5 N–H and O–H groups in total. The van der Waals surface area contributed by atoms with Crippen LogP contribution in [0.4, 0.5) is 0 Å². The van der Waals surface area contributed by atoms with Crippen LogP contribution in [0.25, 0.3) is 0 Å². The fourth-order valence-electron chi connectivity index (χ4n) is 0.329. The van der Waals surface area contributed by atoms with Crippen LogP contribution in [0.1, 0.15) is 0 Å². The summed E-state index contributed by atoms with van der Waals surface area (Å²) in [7, 11) is 0. The van der Waals surface area contributed by atoms with Gasteiger partial charge >= 0.3 is 16.8 Å². The van der Waals surface area contributed by atoms with E-state index in [1.54, 1.807) is 0 Å². The summed E-state index contributed by atoms with van der Waals surface area (Å²) in [4.78, 5) is 0. The van der Waals surface area contributed by atoms with Crippen molar-refractivity contribution in [2.24, 2.45) is 11.5 Å². The molecule has 3 nitrogen and oxygen atoms in total. The first-order chi connectivity index (χ1) is 3.41. The minimum Gasteiger partial charge on any atom is -1.00 e. The first kappa shape index (κ1) is 29.5. The van der Waals surface area contributed by atoms with Crippen molar-refractivity contribution in [1.82, 2.24) is 5.32 Å². The molecule has 0 aliphatic rings. The molecule has 0 radical (unpaired) electrons. The van der Waals surface area contributed by atoms with Gasteiger partial charge < -0.3 is 54.0 Å². The summed E-state index contributed by atoms with van der Waals surface area (Å²) < 4.78 is 0. The average molecular weight is 268 g/mol. The Morgan fingerprint density at radius 1 is 0.818 bits per heavy atom.